The average molecular weight is 887 g/mol. The van der Waals surface area contributed by atoms with Crippen molar-refractivity contribution in [2.75, 3.05) is 123 Å². The number of anilines is 6. The number of para-hydroxylation sites is 2. The van der Waals surface area contributed by atoms with Crippen LogP contribution < -0.4 is 31.1 Å². The molecular formula is C41H52F2N16O5. The van der Waals surface area contributed by atoms with Gasteiger partial charge in [-0.25, -0.2) is 23.3 Å². The number of rotatable bonds is 7. The van der Waals surface area contributed by atoms with E-state index in [2.05, 4.69) is 48.6 Å². The second-order valence-corrected chi connectivity index (χ2v) is 17.0. The number of aromatic hydroxyl groups is 1. The quantitative estimate of drug-likeness (QED) is 0.195. The third kappa shape index (κ3) is 8.79. The van der Waals surface area contributed by atoms with Gasteiger partial charge in [0.2, 0.25) is 41.6 Å². The van der Waals surface area contributed by atoms with Crippen LogP contribution >= 0.6 is 0 Å². The number of halogens is 2. The number of nitrogens with two attached hydrogens (primary N) is 2. The number of phenolic OH excluding ortho intramolecular Hbond substituents is 1. The fourth-order valence-corrected chi connectivity index (χ4v) is 8.16. The highest BCUT2D eigenvalue weighted by Crippen LogP contribution is 2.33. The molecule has 0 aliphatic carbocycles. The lowest BCUT2D eigenvalue weighted by Crippen LogP contribution is -2.49. The minimum Gasteiger partial charge on any atom is -0.506 e. The van der Waals surface area contributed by atoms with Crippen LogP contribution in [-0.4, -0.2) is 157 Å². The van der Waals surface area contributed by atoms with Crippen molar-refractivity contribution in [3.63, 3.8) is 0 Å². The van der Waals surface area contributed by atoms with Gasteiger partial charge in [-0.1, -0.05) is 12.1 Å². The van der Waals surface area contributed by atoms with Crippen LogP contribution in [0, 0.1) is 0 Å². The molecule has 6 aromatic rings. The van der Waals surface area contributed by atoms with E-state index in [1.54, 1.807) is 22.8 Å². The van der Waals surface area contributed by atoms with Crippen LogP contribution in [0.4, 0.5) is 44.2 Å². The summed E-state index contributed by atoms with van der Waals surface area (Å²) < 4.78 is 53.5. The predicted molar refractivity (Wildman–Crippen MR) is 235 cm³/mol. The Morgan fingerprint density at radius 2 is 0.984 bits per heavy atom. The lowest BCUT2D eigenvalue weighted by Gasteiger charge is -2.38. The van der Waals surface area contributed by atoms with E-state index < -0.39 is 17.9 Å². The minimum absolute atomic E-state index is 0.0224. The highest BCUT2D eigenvalue weighted by atomic mass is 19.3. The number of hydrogen-bond donors (Lipinski definition) is 3. The molecule has 4 aliphatic rings. The van der Waals surface area contributed by atoms with Gasteiger partial charge in [0, 0.05) is 52.4 Å². The van der Waals surface area contributed by atoms with Crippen LogP contribution in [-0.2, 0) is 18.9 Å². The second-order valence-electron chi connectivity index (χ2n) is 17.0. The Kier molecular flexibility index (Phi) is 11.6. The molecule has 0 atom stereocenters. The molecule has 0 amide bonds. The highest BCUT2D eigenvalue weighted by molar-refractivity contribution is 5.90. The summed E-state index contributed by atoms with van der Waals surface area (Å²) in [4.78, 5) is 44.8. The Balaban J connectivity index is 0.000000162. The Labute approximate surface area is 367 Å². The molecule has 8 heterocycles. The molecule has 4 saturated heterocycles. The molecule has 2 aromatic carbocycles. The number of fused-ring (bicyclic) bond motifs is 2. The normalized spacial score (nSPS) is 19.0. The molecule has 64 heavy (non-hydrogen) atoms. The van der Waals surface area contributed by atoms with Crippen molar-refractivity contribution in [3.05, 3.63) is 42.2 Å². The second kappa shape index (κ2) is 17.3. The molecule has 4 fully saturated rings. The first-order valence-corrected chi connectivity index (χ1v) is 21.2. The SMILES string of the molecule is CC1(C)CN(c2nc(N3CCOCC3)nc(-n3c(C(F)F)nc4c(O)cccc43)n2)CCO1.CC1(C)CN(c2nc(N3CCOCC3)nc(-n3c(N)nc4c(N)cccc43)n2)CCO1. The largest absolute Gasteiger partial charge is 0.506 e. The van der Waals surface area contributed by atoms with E-state index in [1.807, 2.05) is 35.8 Å². The Morgan fingerprint density at radius 3 is 1.48 bits per heavy atom. The zero-order chi connectivity index (χ0) is 44.8. The van der Waals surface area contributed by atoms with Crippen molar-refractivity contribution in [3.8, 4) is 17.6 Å². The van der Waals surface area contributed by atoms with Gasteiger partial charge in [-0.15, -0.1) is 0 Å². The van der Waals surface area contributed by atoms with Crippen LogP contribution in [0.1, 0.15) is 39.9 Å². The lowest BCUT2D eigenvalue weighted by atomic mass is 10.1. The summed E-state index contributed by atoms with van der Waals surface area (Å²) in [5, 5.41) is 10.2. The number of aromatic nitrogens is 10. The molecule has 10 rings (SSSR count). The van der Waals surface area contributed by atoms with Gasteiger partial charge < -0.3 is 55.1 Å². The summed E-state index contributed by atoms with van der Waals surface area (Å²) in [7, 11) is 0. The third-order valence-electron chi connectivity index (χ3n) is 11.2. The molecule has 4 aromatic heterocycles. The van der Waals surface area contributed by atoms with Gasteiger partial charge in [0.05, 0.1) is 67.6 Å². The van der Waals surface area contributed by atoms with Gasteiger partial charge in [0.1, 0.15) is 16.8 Å². The van der Waals surface area contributed by atoms with Crippen LogP contribution in [0.3, 0.4) is 0 Å². The van der Waals surface area contributed by atoms with Crippen LogP contribution in [0.2, 0.25) is 0 Å². The first-order valence-electron chi connectivity index (χ1n) is 21.2. The number of alkyl halides is 2. The molecule has 4 aliphatic heterocycles. The van der Waals surface area contributed by atoms with Gasteiger partial charge in [-0.3, -0.25) is 4.57 Å². The van der Waals surface area contributed by atoms with Gasteiger partial charge in [-0.2, -0.15) is 29.9 Å². The van der Waals surface area contributed by atoms with Crippen LogP contribution in [0.25, 0.3) is 34.0 Å². The molecule has 0 unspecified atom stereocenters. The van der Waals surface area contributed by atoms with Crippen molar-refractivity contribution in [1.29, 1.82) is 0 Å². The molecule has 340 valence electrons. The maximum Gasteiger partial charge on any atom is 0.296 e. The van der Waals surface area contributed by atoms with E-state index in [0.717, 1.165) is 5.52 Å². The molecular weight excluding hydrogens is 835 g/mol. The lowest BCUT2D eigenvalue weighted by molar-refractivity contribution is -0.0284. The van der Waals surface area contributed by atoms with Gasteiger partial charge in [-0.05, 0) is 52.0 Å². The van der Waals surface area contributed by atoms with E-state index in [1.165, 1.54) is 10.6 Å². The molecule has 0 bridgehead atoms. The summed E-state index contributed by atoms with van der Waals surface area (Å²) in [6.45, 7) is 16.5. The maximum atomic E-state index is 14.0. The van der Waals surface area contributed by atoms with Crippen molar-refractivity contribution < 1.29 is 32.8 Å². The van der Waals surface area contributed by atoms with E-state index in [9.17, 15) is 13.9 Å². The van der Waals surface area contributed by atoms with Crippen molar-refractivity contribution in [2.24, 2.45) is 0 Å². The monoisotopic (exact) mass is 886 g/mol. The van der Waals surface area contributed by atoms with E-state index in [-0.39, 0.29) is 34.3 Å². The summed E-state index contributed by atoms with van der Waals surface area (Å²) in [6, 6.07) is 10.1. The van der Waals surface area contributed by atoms with Gasteiger partial charge >= 0.3 is 0 Å². The molecule has 0 radical (unpaired) electrons. The van der Waals surface area contributed by atoms with Crippen LogP contribution in [0.15, 0.2) is 36.4 Å². The first kappa shape index (κ1) is 43.0. The summed E-state index contributed by atoms with van der Waals surface area (Å²) in [6.07, 6.45) is -2.90. The molecule has 5 N–H and O–H groups in total. The number of ether oxygens (including phenoxy) is 4. The Bertz CT molecular complexity index is 2630. The van der Waals surface area contributed by atoms with Crippen molar-refractivity contribution in [2.45, 2.75) is 45.3 Å². The zero-order valence-corrected chi connectivity index (χ0v) is 36.2. The minimum atomic E-state index is -2.90. The third-order valence-corrected chi connectivity index (χ3v) is 11.2. The Morgan fingerprint density at radius 1 is 0.547 bits per heavy atom. The highest BCUT2D eigenvalue weighted by Gasteiger charge is 2.33. The average Bonchev–Trinajstić information content (AvgIpc) is 3.86. The zero-order valence-electron chi connectivity index (χ0n) is 36.2. The van der Waals surface area contributed by atoms with E-state index in [4.69, 9.17) is 45.4 Å². The fourth-order valence-electron chi connectivity index (χ4n) is 8.16. The number of hydrogen-bond acceptors (Lipinski definition) is 19. The number of nitrogen functional groups attached to an aromatic ring is 2. The molecule has 0 spiro atoms. The summed E-state index contributed by atoms with van der Waals surface area (Å²) >= 11 is 0. The number of imidazole rings is 2. The number of morpholine rings is 4. The predicted octanol–water partition coefficient (Wildman–Crippen LogP) is 3.13. The van der Waals surface area contributed by atoms with E-state index >= 15 is 0 Å². The molecule has 21 nitrogen and oxygen atoms in total. The van der Waals surface area contributed by atoms with Crippen molar-refractivity contribution in [1.82, 2.24) is 49.0 Å². The number of nitrogens with zero attached hydrogens (tertiary/aromatic N) is 14. The number of phenols is 1. The first-order chi connectivity index (χ1) is 30.7. The van der Waals surface area contributed by atoms with Crippen molar-refractivity contribution >= 4 is 57.5 Å². The van der Waals surface area contributed by atoms with Crippen LogP contribution in [0.5, 0.6) is 5.75 Å². The summed E-state index contributed by atoms with van der Waals surface area (Å²) in [5.74, 6) is 1.93. The Hall–Kier alpha value is -6.30. The molecule has 0 saturated carbocycles. The van der Waals surface area contributed by atoms with Gasteiger partial charge in [0.15, 0.2) is 5.82 Å². The smallest absolute Gasteiger partial charge is 0.296 e. The van der Waals surface area contributed by atoms with E-state index in [0.29, 0.717) is 133 Å². The number of benzene rings is 2. The topological polar surface area (TPSA) is 235 Å². The summed E-state index contributed by atoms with van der Waals surface area (Å²) in [5.41, 5.74) is 14.0. The standard InChI is InChI=1S/C21H25F2N7O3.C20H27N9O2/c1-21(2)12-29(8-11-33-21)19-25-18(28-6-9-32-10-7-28)26-20(27-19)30-13-4-3-5-14(31)15(13)24-17(30)16(22)23;1-20(2)12-28(8-11-31-20)18-24-17(27-6-9-30-10-7-27)25-19(26-18)29-14-5-3-4-13(21)15(14)23-16(29)22/h3-5,16,31H,6-12H2,1-2H3;3-5H,6-12,21H2,1-2H3,(H2,22,23). The van der Waals surface area contributed by atoms with Gasteiger partial charge in [0.25, 0.3) is 6.43 Å². The fraction of sp³-hybridized carbons (Fsp3) is 0.512. The maximum absolute atomic E-state index is 14.0. The molecule has 23 heteroatoms.